The number of aromatic amines is 1. The summed E-state index contributed by atoms with van der Waals surface area (Å²) in [5.41, 5.74) is 5.59. The Kier molecular flexibility index (Phi) is 5.99. The number of benzene rings is 2. The third kappa shape index (κ3) is 3.87. The molecule has 28 heavy (non-hydrogen) atoms. The van der Waals surface area contributed by atoms with Crippen LogP contribution >= 0.6 is 0 Å². The number of ether oxygens (including phenoxy) is 1. The standard InChI is InChI=1S/C22H19N3O2.Ag/c1-14(26)25-17-7-5-6-15(10-17)16-11-19-20(13-24-22(19)23-12-16)18-8-3-4-9-21(18)27-2;/h3-13H,1-2H3,(H,23,24)(H,25,26);. The maximum absolute atomic E-state index is 11.3. The van der Waals surface area contributed by atoms with E-state index in [0.717, 1.165) is 44.7 Å². The van der Waals surface area contributed by atoms with Gasteiger partial charge in [-0.15, -0.1) is 0 Å². The number of fused-ring (bicyclic) bond motifs is 1. The van der Waals surface area contributed by atoms with Crippen molar-refractivity contribution >= 4 is 22.6 Å². The Balaban J connectivity index is 0.00000225. The van der Waals surface area contributed by atoms with Crippen molar-refractivity contribution in [3.8, 4) is 28.0 Å². The van der Waals surface area contributed by atoms with Gasteiger partial charge in [-0.05, 0) is 29.8 Å². The molecule has 0 bridgehead atoms. The number of para-hydroxylation sites is 1. The van der Waals surface area contributed by atoms with E-state index in [0.29, 0.717) is 0 Å². The molecule has 2 heterocycles. The second kappa shape index (κ2) is 8.44. The van der Waals surface area contributed by atoms with E-state index in [1.54, 1.807) is 7.11 Å². The van der Waals surface area contributed by atoms with Crippen molar-refractivity contribution < 1.29 is 31.9 Å². The van der Waals surface area contributed by atoms with Crippen LogP contribution in [-0.2, 0) is 27.2 Å². The summed E-state index contributed by atoms with van der Waals surface area (Å²) < 4.78 is 5.51. The molecule has 2 aromatic carbocycles. The Morgan fingerprint density at radius 1 is 1.04 bits per heavy atom. The average Bonchev–Trinajstić information content (AvgIpc) is 3.10. The number of aromatic nitrogens is 2. The Morgan fingerprint density at radius 2 is 1.86 bits per heavy atom. The number of hydrogen-bond acceptors (Lipinski definition) is 3. The minimum absolute atomic E-state index is 0. The van der Waals surface area contributed by atoms with Crippen LogP contribution in [0.5, 0.6) is 5.75 Å². The number of nitrogens with one attached hydrogen (secondary N) is 2. The van der Waals surface area contributed by atoms with Crippen LogP contribution in [0.15, 0.2) is 67.0 Å². The molecule has 0 aliphatic carbocycles. The average molecular weight is 465 g/mol. The molecule has 0 atom stereocenters. The molecule has 2 N–H and O–H groups in total. The van der Waals surface area contributed by atoms with Crippen molar-refractivity contribution in [1.29, 1.82) is 0 Å². The zero-order chi connectivity index (χ0) is 18.8. The number of amides is 1. The zero-order valence-electron chi connectivity index (χ0n) is 15.4. The van der Waals surface area contributed by atoms with Crippen LogP contribution < -0.4 is 10.1 Å². The Bertz CT molecular complexity index is 1140. The molecule has 0 saturated heterocycles. The molecule has 4 aromatic rings. The molecule has 0 aliphatic rings. The van der Waals surface area contributed by atoms with Crippen molar-refractivity contribution in [3.05, 3.63) is 67.0 Å². The number of anilines is 1. The number of pyridine rings is 1. The van der Waals surface area contributed by atoms with Crippen LogP contribution in [0, 0.1) is 0 Å². The van der Waals surface area contributed by atoms with Gasteiger partial charge in [-0.2, -0.15) is 0 Å². The van der Waals surface area contributed by atoms with Crippen LogP contribution in [-0.4, -0.2) is 23.0 Å². The fraction of sp³-hybridized carbons (Fsp3) is 0.0909. The minimum Gasteiger partial charge on any atom is -0.496 e. The molecular weight excluding hydrogens is 446 g/mol. The Labute approximate surface area is 178 Å². The van der Waals surface area contributed by atoms with Crippen LogP contribution in [0.3, 0.4) is 0 Å². The molecule has 5 nitrogen and oxygen atoms in total. The summed E-state index contributed by atoms with van der Waals surface area (Å²) in [6.45, 7) is 1.50. The number of hydrogen-bond donors (Lipinski definition) is 2. The maximum atomic E-state index is 11.3. The summed E-state index contributed by atoms with van der Waals surface area (Å²) in [6.07, 6.45) is 3.78. The van der Waals surface area contributed by atoms with Gasteiger partial charge in [0, 0.05) is 69.5 Å². The summed E-state index contributed by atoms with van der Waals surface area (Å²) in [5, 5.41) is 3.83. The molecule has 1 amide bonds. The van der Waals surface area contributed by atoms with Crippen LogP contribution in [0.2, 0.25) is 0 Å². The van der Waals surface area contributed by atoms with E-state index >= 15 is 0 Å². The van der Waals surface area contributed by atoms with E-state index in [2.05, 4.69) is 21.4 Å². The smallest absolute Gasteiger partial charge is 0.221 e. The van der Waals surface area contributed by atoms with Gasteiger partial charge in [0.05, 0.1) is 7.11 Å². The fourth-order valence-electron chi connectivity index (χ4n) is 3.23. The largest absolute Gasteiger partial charge is 0.496 e. The van der Waals surface area contributed by atoms with E-state index in [9.17, 15) is 4.79 Å². The summed E-state index contributed by atoms with van der Waals surface area (Å²) in [7, 11) is 1.67. The van der Waals surface area contributed by atoms with Gasteiger partial charge in [0.1, 0.15) is 11.4 Å². The summed E-state index contributed by atoms with van der Waals surface area (Å²) in [5.74, 6) is 0.723. The van der Waals surface area contributed by atoms with Gasteiger partial charge in [0.15, 0.2) is 0 Å². The van der Waals surface area contributed by atoms with Gasteiger partial charge >= 0.3 is 0 Å². The van der Waals surface area contributed by atoms with Crippen molar-refractivity contribution in [1.82, 2.24) is 9.97 Å². The van der Waals surface area contributed by atoms with E-state index < -0.39 is 0 Å². The van der Waals surface area contributed by atoms with Crippen molar-refractivity contribution in [2.24, 2.45) is 0 Å². The van der Waals surface area contributed by atoms with Crippen LogP contribution in [0.1, 0.15) is 6.92 Å². The first-order chi connectivity index (χ1) is 13.2. The van der Waals surface area contributed by atoms with Crippen molar-refractivity contribution in [3.63, 3.8) is 0 Å². The molecule has 2 aromatic heterocycles. The molecule has 0 spiro atoms. The van der Waals surface area contributed by atoms with Gasteiger partial charge in [-0.25, -0.2) is 4.98 Å². The first kappa shape index (κ1) is 19.9. The zero-order valence-corrected chi connectivity index (χ0v) is 16.9. The number of nitrogens with zero attached hydrogens (tertiary/aromatic N) is 1. The number of H-pyrrole nitrogens is 1. The van der Waals surface area contributed by atoms with E-state index in [4.69, 9.17) is 4.74 Å². The van der Waals surface area contributed by atoms with Gasteiger partial charge in [-0.1, -0.05) is 30.3 Å². The predicted octanol–water partition coefficient (Wildman–Crippen LogP) is 4.86. The molecule has 0 aliphatic heterocycles. The quantitative estimate of drug-likeness (QED) is 0.423. The Hall–Kier alpha value is -2.86. The first-order valence-corrected chi connectivity index (χ1v) is 8.64. The molecule has 0 fully saturated rings. The van der Waals surface area contributed by atoms with E-state index in [1.165, 1.54) is 6.92 Å². The molecule has 0 saturated carbocycles. The second-order valence-electron chi connectivity index (χ2n) is 6.28. The third-order valence-corrected chi connectivity index (χ3v) is 4.44. The normalized spacial score (nSPS) is 10.4. The van der Waals surface area contributed by atoms with E-state index in [1.807, 2.05) is 60.9 Å². The van der Waals surface area contributed by atoms with Gasteiger partial charge < -0.3 is 15.0 Å². The number of rotatable bonds is 4. The Morgan fingerprint density at radius 3 is 2.64 bits per heavy atom. The molecule has 6 heteroatoms. The second-order valence-corrected chi connectivity index (χ2v) is 6.28. The molecular formula is C22H19AgN3O2. The van der Waals surface area contributed by atoms with Crippen LogP contribution in [0.25, 0.3) is 33.3 Å². The topological polar surface area (TPSA) is 67.0 Å². The van der Waals surface area contributed by atoms with Crippen LogP contribution in [0.4, 0.5) is 5.69 Å². The third-order valence-electron chi connectivity index (χ3n) is 4.44. The van der Waals surface area contributed by atoms with Crippen molar-refractivity contribution in [2.75, 3.05) is 12.4 Å². The molecule has 4 rings (SSSR count). The predicted molar refractivity (Wildman–Crippen MR) is 108 cm³/mol. The summed E-state index contributed by atoms with van der Waals surface area (Å²) in [4.78, 5) is 19.1. The van der Waals surface area contributed by atoms with Gasteiger partial charge in [0.25, 0.3) is 0 Å². The SMILES string of the molecule is COc1ccccc1-c1c[nH]c2ncc(-c3cccc(NC(C)=O)c3)cc12.[Ag]. The molecule has 145 valence electrons. The van der Waals surface area contributed by atoms with E-state index in [-0.39, 0.29) is 28.3 Å². The summed E-state index contributed by atoms with van der Waals surface area (Å²) >= 11 is 0. The molecule has 0 unspecified atom stereocenters. The number of carbonyl (C=O) groups excluding carboxylic acids is 1. The minimum atomic E-state index is -0.0928. The number of carbonyl (C=O) groups is 1. The maximum Gasteiger partial charge on any atom is 0.221 e. The molecule has 1 radical (unpaired) electrons. The van der Waals surface area contributed by atoms with Crippen molar-refractivity contribution in [2.45, 2.75) is 6.92 Å². The first-order valence-electron chi connectivity index (χ1n) is 8.64. The number of methoxy groups -OCH3 is 1. The van der Waals surface area contributed by atoms with Gasteiger partial charge in [-0.3, -0.25) is 4.79 Å². The van der Waals surface area contributed by atoms with Gasteiger partial charge in [0.2, 0.25) is 5.91 Å². The monoisotopic (exact) mass is 464 g/mol. The summed E-state index contributed by atoms with van der Waals surface area (Å²) in [6, 6.07) is 17.8. The fourth-order valence-corrected chi connectivity index (χ4v) is 3.23.